The second kappa shape index (κ2) is 8.84. The van der Waals surface area contributed by atoms with Crippen LogP contribution in [0.2, 0.25) is 0 Å². The molecule has 0 heterocycles. The van der Waals surface area contributed by atoms with E-state index in [0.29, 0.717) is 30.9 Å². The SMILES string of the molecule is CCC[C@H](NC(=O)COc1ccccc1OCC)C(=O)O. The minimum Gasteiger partial charge on any atom is -0.490 e. The highest BCUT2D eigenvalue weighted by Gasteiger charge is 2.19. The predicted octanol–water partition coefficient (Wildman–Crippen LogP) is 1.83. The van der Waals surface area contributed by atoms with Gasteiger partial charge in [0, 0.05) is 0 Å². The third-order valence-electron chi connectivity index (χ3n) is 2.72. The lowest BCUT2D eigenvalue weighted by atomic mass is 10.2. The molecule has 0 saturated heterocycles. The van der Waals surface area contributed by atoms with E-state index in [2.05, 4.69) is 5.32 Å². The minimum atomic E-state index is -1.04. The second-order valence-corrected chi connectivity index (χ2v) is 4.42. The van der Waals surface area contributed by atoms with Gasteiger partial charge >= 0.3 is 5.97 Å². The van der Waals surface area contributed by atoms with Gasteiger partial charge in [0.2, 0.25) is 0 Å². The van der Waals surface area contributed by atoms with Crippen molar-refractivity contribution in [1.29, 1.82) is 0 Å². The lowest BCUT2D eigenvalue weighted by molar-refractivity contribution is -0.142. The summed E-state index contributed by atoms with van der Waals surface area (Å²) >= 11 is 0. The number of carbonyl (C=O) groups is 2. The van der Waals surface area contributed by atoms with Crippen molar-refractivity contribution < 1.29 is 24.2 Å². The van der Waals surface area contributed by atoms with Crippen molar-refractivity contribution in [3.05, 3.63) is 24.3 Å². The fourth-order valence-corrected chi connectivity index (χ4v) is 1.77. The fourth-order valence-electron chi connectivity index (χ4n) is 1.77. The molecular formula is C15H21NO5. The van der Waals surface area contributed by atoms with Crippen molar-refractivity contribution in [2.75, 3.05) is 13.2 Å². The lowest BCUT2D eigenvalue weighted by Crippen LogP contribution is -2.42. The fraction of sp³-hybridized carbons (Fsp3) is 0.467. The number of ether oxygens (including phenoxy) is 2. The Labute approximate surface area is 124 Å². The van der Waals surface area contributed by atoms with Gasteiger partial charge < -0.3 is 19.9 Å². The molecule has 1 aromatic rings. The number of nitrogens with one attached hydrogen (secondary N) is 1. The van der Waals surface area contributed by atoms with E-state index in [4.69, 9.17) is 14.6 Å². The van der Waals surface area contributed by atoms with Crippen molar-refractivity contribution in [3.8, 4) is 11.5 Å². The van der Waals surface area contributed by atoms with Crippen LogP contribution in [-0.2, 0) is 9.59 Å². The topological polar surface area (TPSA) is 84.9 Å². The van der Waals surface area contributed by atoms with E-state index in [1.807, 2.05) is 13.8 Å². The lowest BCUT2D eigenvalue weighted by Gasteiger charge is -2.15. The van der Waals surface area contributed by atoms with Crippen molar-refractivity contribution in [1.82, 2.24) is 5.32 Å². The Bertz CT molecular complexity index is 475. The molecule has 0 unspecified atom stereocenters. The maximum Gasteiger partial charge on any atom is 0.326 e. The van der Waals surface area contributed by atoms with Gasteiger partial charge in [-0.1, -0.05) is 25.5 Å². The molecule has 2 N–H and O–H groups in total. The van der Waals surface area contributed by atoms with Crippen LogP contribution in [0.15, 0.2) is 24.3 Å². The van der Waals surface area contributed by atoms with Gasteiger partial charge in [-0.05, 0) is 25.5 Å². The van der Waals surface area contributed by atoms with Gasteiger partial charge in [0.05, 0.1) is 6.61 Å². The van der Waals surface area contributed by atoms with Crippen LogP contribution in [0.4, 0.5) is 0 Å². The molecule has 0 aliphatic heterocycles. The summed E-state index contributed by atoms with van der Waals surface area (Å²) in [5.41, 5.74) is 0. The van der Waals surface area contributed by atoms with E-state index in [-0.39, 0.29) is 6.61 Å². The van der Waals surface area contributed by atoms with Crippen molar-refractivity contribution in [2.45, 2.75) is 32.7 Å². The number of aliphatic carboxylic acids is 1. The summed E-state index contributed by atoms with van der Waals surface area (Å²) in [4.78, 5) is 22.7. The Hall–Kier alpha value is -2.24. The maximum atomic E-state index is 11.7. The first-order chi connectivity index (χ1) is 10.1. The number of para-hydroxylation sites is 2. The van der Waals surface area contributed by atoms with Crippen LogP contribution in [0.3, 0.4) is 0 Å². The number of benzene rings is 1. The molecule has 1 aromatic carbocycles. The summed E-state index contributed by atoms with van der Waals surface area (Å²) in [7, 11) is 0. The van der Waals surface area contributed by atoms with E-state index in [9.17, 15) is 9.59 Å². The first kappa shape index (κ1) is 16.8. The van der Waals surface area contributed by atoms with Gasteiger partial charge in [-0.25, -0.2) is 4.79 Å². The standard InChI is InChI=1S/C15H21NO5/c1-3-7-11(15(18)19)16-14(17)10-21-13-9-6-5-8-12(13)20-4-2/h5-6,8-9,11H,3-4,7,10H2,1-2H3,(H,16,17)(H,18,19)/t11-/m0/s1. The first-order valence-electron chi connectivity index (χ1n) is 6.95. The monoisotopic (exact) mass is 295 g/mol. The molecule has 116 valence electrons. The molecule has 6 heteroatoms. The molecule has 0 fully saturated rings. The Kier molecular flexibility index (Phi) is 7.08. The molecule has 0 bridgehead atoms. The quantitative estimate of drug-likeness (QED) is 0.726. The van der Waals surface area contributed by atoms with Crippen molar-refractivity contribution in [3.63, 3.8) is 0 Å². The van der Waals surface area contributed by atoms with Gasteiger partial charge in [0.15, 0.2) is 18.1 Å². The number of rotatable bonds is 9. The number of amides is 1. The van der Waals surface area contributed by atoms with Gasteiger partial charge in [-0.2, -0.15) is 0 Å². The number of carbonyl (C=O) groups excluding carboxylic acids is 1. The Balaban J connectivity index is 2.54. The molecule has 0 aromatic heterocycles. The maximum absolute atomic E-state index is 11.7. The highest BCUT2D eigenvalue weighted by Crippen LogP contribution is 2.26. The summed E-state index contributed by atoms with van der Waals surface area (Å²) in [5, 5.41) is 11.4. The third-order valence-corrected chi connectivity index (χ3v) is 2.72. The number of carboxylic acid groups (broad SMARTS) is 1. The molecule has 0 spiro atoms. The van der Waals surface area contributed by atoms with E-state index in [0.717, 1.165) is 0 Å². The largest absolute Gasteiger partial charge is 0.490 e. The zero-order valence-corrected chi connectivity index (χ0v) is 12.3. The molecular weight excluding hydrogens is 274 g/mol. The summed E-state index contributed by atoms with van der Waals surface area (Å²) < 4.78 is 10.8. The zero-order valence-electron chi connectivity index (χ0n) is 12.3. The zero-order chi connectivity index (χ0) is 15.7. The van der Waals surface area contributed by atoms with Crippen molar-refractivity contribution in [2.24, 2.45) is 0 Å². The van der Waals surface area contributed by atoms with Crippen LogP contribution in [0, 0.1) is 0 Å². The summed E-state index contributed by atoms with van der Waals surface area (Å²) in [6.07, 6.45) is 1.06. The number of hydrogen-bond donors (Lipinski definition) is 2. The molecule has 0 radical (unpaired) electrons. The highest BCUT2D eigenvalue weighted by atomic mass is 16.5. The van der Waals surface area contributed by atoms with E-state index in [1.165, 1.54) is 0 Å². The molecule has 0 saturated carbocycles. The first-order valence-corrected chi connectivity index (χ1v) is 6.95. The summed E-state index contributed by atoms with van der Waals surface area (Å²) in [5.74, 6) is -0.505. The Morgan fingerprint density at radius 2 is 1.81 bits per heavy atom. The van der Waals surface area contributed by atoms with E-state index >= 15 is 0 Å². The van der Waals surface area contributed by atoms with Crippen LogP contribution >= 0.6 is 0 Å². The predicted molar refractivity (Wildman–Crippen MR) is 77.6 cm³/mol. The molecule has 1 amide bonds. The van der Waals surface area contributed by atoms with Crippen LogP contribution in [0.25, 0.3) is 0 Å². The summed E-state index contributed by atoms with van der Waals surface area (Å²) in [6, 6.07) is 6.13. The average molecular weight is 295 g/mol. The minimum absolute atomic E-state index is 0.252. The molecule has 1 rings (SSSR count). The molecule has 21 heavy (non-hydrogen) atoms. The average Bonchev–Trinajstić information content (AvgIpc) is 2.46. The smallest absolute Gasteiger partial charge is 0.326 e. The molecule has 0 aliphatic carbocycles. The van der Waals surface area contributed by atoms with Crippen LogP contribution in [-0.4, -0.2) is 36.2 Å². The normalized spacial score (nSPS) is 11.5. The van der Waals surface area contributed by atoms with Gasteiger partial charge in [0.25, 0.3) is 5.91 Å². The Morgan fingerprint density at radius 3 is 2.33 bits per heavy atom. The number of hydrogen-bond acceptors (Lipinski definition) is 4. The van der Waals surface area contributed by atoms with Crippen LogP contribution < -0.4 is 14.8 Å². The van der Waals surface area contributed by atoms with Gasteiger partial charge in [-0.15, -0.1) is 0 Å². The van der Waals surface area contributed by atoms with Crippen molar-refractivity contribution >= 4 is 11.9 Å². The second-order valence-electron chi connectivity index (χ2n) is 4.42. The van der Waals surface area contributed by atoms with E-state index < -0.39 is 17.9 Å². The molecule has 6 nitrogen and oxygen atoms in total. The molecule has 0 aliphatic rings. The molecule has 1 atom stereocenters. The highest BCUT2D eigenvalue weighted by molar-refractivity contribution is 5.84. The Morgan fingerprint density at radius 1 is 1.19 bits per heavy atom. The van der Waals surface area contributed by atoms with E-state index in [1.54, 1.807) is 24.3 Å². The third kappa shape index (κ3) is 5.72. The van der Waals surface area contributed by atoms with Crippen LogP contribution in [0.1, 0.15) is 26.7 Å². The van der Waals surface area contributed by atoms with Gasteiger partial charge in [0.1, 0.15) is 6.04 Å². The van der Waals surface area contributed by atoms with Crippen LogP contribution in [0.5, 0.6) is 11.5 Å². The summed E-state index contributed by atoms with van der Waals surface area (Å²) in [6.45, 7) is 3.95. The van der Waals surface area contributed by atoms with Gasteiger partial charge in [-0.3, -0.25) is 4.79 Å². The number of carboxylic acids is 1.